The van der Waals surface area contributed by atoms with Gasteiger partial charge in [-0.2, -0.15) is 4.98 Å². The lowest BCUT2D eigenvalue weighted by molar-refractivity contribution is 0.352. The summed E-state index contributed by atoms with van der Waals surface area (Å²) < 4.78 is 5.08. The Hall–Kier alpha value is -1.39. The van der Waals surface area contributed by atoms with Crippen LogP contribution in [0.3, 0.4) is 0 Å². The van der Waals surface area contributed by atoms with Gasteiger partial charge in [0.05, 0.1) is 6.04 Å². The molecule has 2 rings (SSSR count). The third kappa shape index (κ3) is 2.23. The first-order chi connectivity index (χ1) is 7.70. The van der Waals surface area contributed by atoms with Gasteiger partial charge < -0.3 is 10.3 Å². The van der Waals surface area contributed by atoms with Crippen LogP contribution in [0.15, 0.2) is 28.8 Å². The van der Waals surface area contributed by atoms with E-state index >= 15 is 0 Å². The fourth-order valence-corrected chi connectivity index (χ4v) is 1.50. The summed E-state index contributed by atoms with van der Waals surface area (Å²) >= 11 is 5.88. The summed E-state index contributed by atoms with van der Waals surface area (Å²) in [6.45, 7) is 1.97. The van der Waals surface area contributed by atoms with E-state index in [9.17, 15) is 0 Å². The summed E-state index contributed by atoms with van der Waals surface area (Å²) in [7, 11) is 0. The van der Waals surface area contributed by atoms with Gasteiger partial charge in [-0.15, -0.1) is 0 Å². The Balaban J connectivity index is 2.31. The zero-order chi connectivity index (χ0) is 11.5. The monoisotopic (exact) mass is 237 g/mol. The number of aromatic nitrogens is 2. The molecular weight excluding hydrogens is 226 g/mol. The molecule has 5 heteroatoms. The second-order valence-electron chi connectivity index (χ2n) is 3.48. The predicted molar refractivity (Wildman–Crippen MR) is 62.0 cm³/mol. The number of hydrogen-bond donors (Lipinski definition) is 1. The molecule has 1 aromatic heterocycles. The Bertz CT molecular complexity index is 484. The van der Waals surface area contributed by atoms with Crippen LogP contribution in [0.5, 0.6) is 0 Å². The molecule has 0 aliphatic rings. The van der Waals surface area contributed by atoms with Gasteiger partial charge in [0, 0.05) is 10.6 Å². The summed E-state index contributed by atoms with van der Waals surface area (Å²) in [5.41, 5.74) is 6.62. The van der Waals surface area contributed by atoms with Crippen molar-refractivity contribution >= 4 is 11.6 Å². The number of rotatable bonds is 3. The second kappa shape index (κ2) is 4.63. The topological polar surface area (TPSA) is 64.9 Å². The van der Waals surface area contributed by atoms with Gasteiger partial charge in [-0.05, 0) is 18.6 Å². The normalized spacial score (nSPS) is 12.7. The van der Waals surface area contributed by atoms with Crippen molar-refractivity contribution in [2.45, 2.75) is 19.4 Å². The molecule has 4 nitrogen and oxygen atoms in total. The highest BCUT2D eigenvalue weighted by Crippen LogP contribution is 2.21. The SMILES string of the molecule is CC[C@@H](N)c1nc(-c2cccc(Cl)c2)no1. The summed E-state index contributed by atoms with van der Waals surface area (Å²) in [6.07, 6.45) is 0.761. The van der Waals surface area contributed by atoms with Crippen molar-refractivity contribution in [1.29, 1.82) is 0 Å². The van der Waals surface area contributed by atoms with E-state index in [2.05, 4.69) is 10.1 Å². The zero-order valence-corrected chi connectivity index (χ0v) is 9.61. The molecule has 84 valence electrons. The van der Waals surface area contributed by atoms with Crippen LogP contribution >= 0.6 is 11.6 Å². The number of hydrogen-bond acceptors (Lipinski definition) is 4. The van der Waals surface area contributed by atoms with E-state index in [0.29, 0.717) is 16.7 Å². The first kappa shape index (κ1) is 11.1. The minimum atomic E-state index is -0.208. The van der Waals surface area contributed by atoms with Crippen molar-refractivity contribution < 1.29 is 4.52 Å². The maximum Gasteiger partial charge on any atom is 0.243 e. The molecule has 0 unspecified atom stereocenters. The second-order valence-corrected chi connectivity index (χ2v) is 3.92. The molecule has 16 heavy (non-hydrogen) atoms. The quantitative estimate of drug-likeness (QED) is 0.892. The highest BCUT2D eigenvalue weighted by Gasteiger charge is 2.13. The van der Waals surface area contributed by atoms with E-state index in [1.54, 1.807) is 12.1 Å². The number of halogens is 1. The molecule has 0 aliphatic carbocycles. The number of nitrogens with two attached hydrogens (primary N) is 1. The minimum Gasteiger partial charge on any atom is -0.337 e. The molecule has 1 atom stereocenters. The van der Waals surface area contributed by atoms with Crippen molar-refractivity contribution in [2.75, 3.05) is 0 Å². The molecule has 0 spiro atoms. The van der Waals surface area contributed by atoms with Crippen molar-refractivity contribution in [2.24, 2.45) is 5.73 Å². The van der Waals surface area contributed by atoms with Crippen LogP contribution in [0, 0.1) is 0 Å². The van der Waals surface area contributed by atoms with Crippen molar-refractivity contribution in [1.82, 2.24) is 10.1 Å². The van der Waals surface area contributed by atoms with E-state index < -0.39 is 0 Å². The summed E-state index contributed by atoms with van der Waals surface area (Å²) in [5, 5.41) is 4.51. The lowest BCUT2D eigenvalue weighted by atomic mass is 10.2. The molecule has 0 bridgehead atoms. The number of nitrogens with zero attached hydrogens (tertiary/aromatic N) is 2. The van der Waals surface area contributed by atoms with Gasteiger partial charge in [-0.1, -0.05) is 35.8 Å². The molecule has 0 radical (unpaired) electrons. The average molecular weight is 238 g/mol. The molecule has 0 aliphatic heterocycles. The Labute approximate surface area is 98.4 Å². The molecule has 0 amide bonds. The predicted octanol–water partition coefficient (Wildman–Crippen LogP) is 2.80. The van der Waals surface area contributed by atoms with Crippen molar-refractivity contribution in [3.05, 3.63) is 35.2 Å². The molecular formula is C11H12ClN3O. The smallest absolute Gasteiger partial charge is 0.243 e. The Morgan fingerprint density at radius 2 is 2.31 bits per heavy atom. The molecule has 1 heterocycles. The van der Waals surface area contributed by atoms with Crippen LogP contribution < -0.4 is 5.73 Å². The van der Waals surface area contributed by atoms with E-state index in [1.165, 1.54) is 0 Å². The van der Waals surface area contributed by atoms with Crippen LogP contribution in [-0.2, 0) is 0 Å². The van der Waals surface area contributed by atoms with Gasteiger partial charge in [0.15, 0.2) is 0 Å². The first-order valence-corrected chi connectivity index (χ1v) is 5.43. The zero-order valence-electron chi connectivity index (χ0n) is 8.85. The van der Waals surface area contributed by atoms with Gasteiger partial charge in [0.2, 0.25) is 11.7 Å². The molecule has 0 saturated carbocycles. The van der Waals surface area contributed by atoms with Crippen LogP contribution in [0.4, 0.5) is 0 Å². The van der Waals surface area contributed by atoms with Gasteiger partial charge in [-0.25, -0.2) is 0 Å². The van der Waals surface area contributed by atoms with E-state index in [4.69, 9.17) is 21.9 Å². The number of benzene rings is 1. The van der Waals surface area contributed by atoms with Crippen molar-refractivity contribution in [3.8, 4) is 11.4 Å². The average Bonchev–Trinajstić information content (AvgIpc) is 2.77. The van der Waals surface area contributed by atoms with Gasteiger partial charge in [-0.3, -0.25) is 0 Å². The highest BCUT2D eigenvalue weighted by molar-refractivity contribution is 6.30. The summed E-state index contributed by atoms with van der Waals surface area (Å²) in [5.74, 6) is 0.971. The van der Waals surface area contributed by atoms with Gasteiger partial charge in [0.1, 0.15) is 0 Å². The lowest BCUT2D eigenvalue weighted by Crippen LogP contribution is -2.08. The fourth-order valence-electron chi connectivity index (χ4n) is 1.31. The molecule has 2 N–H and O–H groups in total. The van der Waals surface area contributed by atoms with Gasteiger partial charge >= 0.3 is 0 Å². The lowest BCUT2D eigenvalue weighted by Gasteiger charge is -1.99. The van der Waals surface area contributed by atoms with Crippen LogP contribution in [-0.4, -0.2) is 10.1 Å². The van der Waals surface area contributed by atoms with E-state index in [1.807, 2.05) is 19.1 Å². The molecule has 0 saturated heterocycles. The van der Waals surface area contributed by atoms with E-state index in [-0.39, 0.29) is 6.04 Å². The highest BCUT2D eigenvalue weighted by atomic mass is 35.5. The molecule has 2 aromatic rings. The summed E-state index contributed by atoms with van der Waals surface area (Å²) in [6, 6.07) is 7.09. The third-order valence-electron chi connectivity index (χ3n) is 2.28. The van der Waals surface area contributed by atoms with Crippen molar-refractivity contribution in [3.63, 3.8) is 0 Å². The van der Waals surface area contributed by atoms with Crippen LogP contribution in [0.2, 0.25) is 5.02 Å². The third-order valence-corrected chi connectivity index (χ3v) is 2.52. The maximum atomic E-state index is 5.88. The van der Waals surface area contributed by atoms with Crippen LogP contribution in [0.1, 0.15) is 25.3 Å². The largest absolute Gasteiger partial charge is 0.337 e. The Kier molecular flexibility index (Phi) is 3.22. The van der Waals surface area contributed by atoms with E-state index in [0.717, 1.165) is 12.0 Å². The van der Waals surface area contributed by atoms with Crippen LogP contribution in [0.25, 0.3) is 11.4 Å². The summed E-state index contributed by atoms with van der Waals surface area (Å²) in [4.78, 5) is 4.23. The standard InChI is InChI=1S/C11H12ClN3O/c1-2-9(13)11-14-10(15-16-11)7-4-3-5-8(12)6-7/h3-6,9H,2,13H2,1H3/t9-/m1/s1. The molecule has 1 aromatic carbocycles. The maximum absolute atomic E-state index is 5.88. The first-order valence-electron chi connectivity index (χ1n) is 5.06. The Morgan fingerprint density at radius 1 is 1.50 bits per heavy atom. The fraction of sp³-hybridized carbons (Fsp3) is 0.273. The Morgan fingerprint density at radius 3 is 3.00 bits per heavy atom. The van der Waals surface area contributed by atoms with Gasteiger partial charge in [0.25, 0.3) is 0 Å². The minimum absolute atomic E-state index is 0.208. The molecule has 0 fully saturated rings.